The first-order valence-electron chi connectivity index (χ1n) is 6.70. The molecule has 4 heteroatoms. The molecule has 4 nitrogen and oxygen atoms in total. The highest BCUT2D eigenvalue weighted by Gasteiger charge is 2.32. The molecule has 1 N–H and O–H groups in total. The summed E-state index contributed by atoms with van der Waals surface area (Å²) < 4.78 is 4.88. The zero-order valence-corrected chi connectivity index (χ0v) is 11.1. The van der Waals surface area contributed by atoms with E-state index < -0.39 is 5.60 Å². The predicted molar refractivity (Wildman–Crippen MR) is 66.8 cm³/mol. The number of nitrogens with zero attached hydrogens (tertiary/aromatic N) is 1. The van der Waals surface area contributed by atoms with Gasteiger partial charge in [-0.2, -0.15) is 0 Å². The molecule has 0 aliphatic carbocycles. The Labute approximate surface area is 104 Å². The molecule has 0 bridgehead atoms. The van der Waals surface area contributed by atoms with Crippen LogP contribution < -0.4 is 0 Å². The van der Waals surface area contributed by atoms with Crippen molar-refractivity contribution >= 4 is 5.97 Å². The van der Waals surface area contributed by atoms with Gasteiger partial charge in [0, 0.05) is 19.5 Å². The van der Waals surface area contributed by atoms with Gasteiger partial charge in [0.1, 0.15) is 0 Å². The Hall–Kier alpha value is -0.610. The van der Waals surface area contributed by atoms with Crippen LogP contribution in [0.3, 0.4) is 0 Å². The van der Waals surface area contributed by atoms with Crippen molar-refractivity contribution in [2.45, 2.75) is 51.6 Å². The van der Waals surface area contributed by atoms with Gasteiger partial charge in [0.15, 0.2) is 0 Å². The average molecular weight is 243 g/mol. The van der Waals surface area contributed by atoms with Crippen LogP contribution in [0.1, 0.15) is 46.0 Å². The molecular formula is C13H25NO3. The minimum Gasteiger partial charge on any atom is -0.466 e. The highest BCUT2D eigenvalue weighted by molar-refractivity contribution is 5.69. The summed E-state index contributed by atoms with van der Waals surface area (Å²) >= 11 is 0. The molecule has 1 rings (SSSR count). The number of hydrogen-bond donors (Lipinski definition) is 1. The first-order chi connectivity index (χ1) is 8.09. The standard InChI is InChI=1S/C13H25NO3/c1-3-9-14-10-7-13(16,8-11-14)6-5-12(15)17-4-2/h16H,3-11H2,1-2H3. The molecule has 100 valence electrons. The summed E-state index contributed by atoms with van der Waals surface area (Å²) in [6.45, 7) is 7.37. The van der Waals surface area contributed by atoms with Gasteiger partial charge in [-0.25, -0.2) is 0 Å². The van der Waals surface area contributed by atoms with Gasteiger partial charge in [0.2, 0.25) is 0 Å². The lowest BCUT2D eigenvalue weighted by atomic mass is 9.87. The van der Waals surface area contributed by atoms with Crippen molar-refractivity contribution in [1.29, 1.82) is 0 Å². The molecule has 1 heterocycles. The monoisotopic (exact) mass is 243 g/mol. The smallest absolute Gasteiger partial charge is 0.305 e. The Bertz CT molecular complexity index is 235. The molecule has 1 fully saturated rings. The van der Waals surface area contributed by atoms with E-state index in [4.69, 9.17) is 4.74 Å². The number of ether oxygens (including phenoxy) is 1. The molecule has 0 radical (unpaired) electrons. The number of rotatable bonds is 6. The van der Waals surface area contributed by atoms with Crippen LogP contribution in [0.15, 0.2) is 0 Å². The number of likely N-dealkylation sites (tertiary alicyclic amines) is 1. The van der Waals surface area contributed by atoms with E-state index in [0.29, 0.717) is 19.4 Å². The second-order valence-electron chi connectivity index (χ2n) is 4.87. The quantitative estimate of drug-likeness (QED) is 0.719. The predicted octanol–water partition coefficient (Wildman–Crippen LogP) is 1.57. The van der Waals surface area contributed by atoms with Gasteiger partial charge in [0.25, 0.3) is 0 Å². The van der Waals surface area contributed by atoms with Crippen molar-refractivity contribution in [2.75, 3.05) is 26.2 Å². The Morgan fingerprint density at radius 1 is 1.35 bits per heavy atom. The second-order valence-corrected chi connectivity index (χ2v) is 4.87. The van der Waals surface area contributed by atoms with Gasteiger partial charge < -0.3 is 14.7 Å². The SMILES string of the molecule is CCCN1CCC(O)(CCC(=O)OCC)CC1. The van der Waals surface area contributed by atoms with Crippen molar-refractivity contribution in [3.63, 3.8) is 0 Å². The van der Waals surface area contributed by atoms with Crippen molar-refractivity contribution in [1.82, 2.24) is 4.90 Å². The molecule has 1 saturated heterocycles. The first-order valence-corrected chi connectivity index (χ1v) is 6.70. The summed E-state index contributed by atoms with van der Waals surface area (Å²) in [7, 11) is 0. The lowest BCUT2D eigenvalue weighted by Crippen LogP contribution is -2.44. The number of aliphatic hydroxyl groups is 1. The summed E-state index contributed by atoms with van der Waals surface area (Å²) in [5, 5.41) is 10.3. The maximum Gasteiger partial charge on any atom is 0.305 e. The summed E-state index contributed by atoms with van der Waals surface area (Å²) in [6, 6.07) is 0. The van der Waals surface area contributed by atoms with Crippen LogP contribution >= 0.6 is 0 Å². The average Bonchev–Trinajstić information content (AvgIpc) is 2.31. The summed E-state index contributed by atoms with van der Waals surface area (Å²) in [5.74, 6) is -0.197. The van der Waals surface area contributed by atoms with E-state index in [1.807, 2.05) is 0 Å². The molecular weight excluding hydrogens is 218 g/mol. The van der Waals surface area contributed by atoms with E-state index >= 15 is 0 Å². The Morgan fingerprint density at radius 3 is 2.53 bits per heavy atom. The van der Waals surface area contributed by atoms with Gasteiger partial charge in [-0.3, -0.25) is 4.79 Å². The largest absolute Gasteiger partial charge is 0.466 e. The third-order valence-corrected chi connectivity index (χ3v) is 3.43. The maximum absolute atomic E-state index is 11.3. The van der Waals surface area contributed by atoms with E-state index in [0.717, 1.165) is 38.9 Å². The molecule has 1 aliphatic rings. The lowest BCUT2D eigenvalue weighted by Gasteiger charge is -2.38. The van der Waals surface area contributed by atoms with Gasteiger partial charge in [0.05, 0.1) is 12.2 Å². The molecule has 0 spiro atoms. The zero-order chi connectivity index (χ0) is 12.7. The molecule has 0 unspecified atom stereocenters. The second kappa shape index (κ2) is 6.97. The minimum atomic E-state index is -0.656. The zero-order valence-electron chi connectivity index (χ0n) is 11.1. The highest BCUT2D eigenvalue weighted by atomic mass is 16.5. The molecule has 0 aromatic carbocycles. The molecule has 1 aliphatic heterocycles. The van der Waals surface area contributed by atoms with Crippen molar-refractivity contribution in [3.05, 3.63) is 0 Å². The van der Waals surface area contributed by atoms with Crippen LogP contribution in [-0.2, 0) is 9.53 Å². The summed E-state index contributed by atoms with van der Waals surface area (Å²) in [4.78, 5) is 13.6. The molecule has 0 saturated carbocycles. The minimum absolute atomic E-state index is 0.197. The number of esters is 1. The third kappa shape index (κ3) is 5.04. The van der Waals surface area contributed by atoms with Crippen LogP contribution in [-0.4, -0.2) is 47.8 Å². The fourth-order valence-electron chi connectivity index (χ4n) is 2.33. The van der Waals surface area contributed by atoms with Gasteiger partial charge in [-0.05, 0) is 39.2 Å². The highest BCUT2D eigenvalue weighted by Crippen LogP contribution is 2.27. The Morgan fingerprint density at radius 2 is 2.00 bits per heavy atom. The van der Waals surface area contributed by atoms with Gasteiger partial charge in [-0.15, -0.1) is 0 Å². The fraction of sp³-hybridized carbons (Fsp3) is 0.923. The first kappa shape index (κ1) is 14.5. The lowest BCUT2D eigenvalue weighted by molar-refractivity contribution is -0.145. The van der Waals surface area contributed by atoms with Crippen LogP contribution in [0.4, 0.5) is 0 Å². The topological polar surface area (TPSA) is 49.8 Å². The molecule has 0 aromatic rings. The van der Waals surface area contributed by atoms with E-state index in [9.17, 15) is 9.90 Å². The summed E-state index contributed by atoms with van der Waals surface area (Å²) in [6.07, 6.45) is 3.56. The van der Waals surface area contributed by atoms with Crippen LogP contribution in [0, 0.1) is 0 Å². The molecule has 0 amide bonds. The van der Waals surface area contributed by atoms with Gasteiger partial charge in [-0.1, -0.05) is 6.92 Å². The van der Waals surface area contributed by atoms with E-state index in [-0.39, 0.29) is 5.97 Å². The van der Waals surface area contributed by atoms with E-state index in [1.54, 1.807) is 6.92 Å². The number of carbonyl (C=O) groups excluding carboxylic acids is 1. The molecule has 17 heavy (non-hydrogen) atoms. The summed E-state index contributed by atoms with van der Waals surface area (Å²) in [5.41, 5.74) is -0.656. The Kier molecular flexibility index (Phi) is 5.92. The van der Waals surface area contributed by atoms with Crippen molar-refractivity contribution in [2.24, 2.45) is 0 Å². The fourth-order valence-corrected chi connectivity index (χ4v) is 2.33. The maximum atomic E-state index is 11.3. The third-order valence-electron chi connectivity index (χ3n) is 3.43. The number of piperidine rings is 1. The molecule has 0 atom stereocenters. The van der Waals surface area contributed by atoms with E-state index in [2.05, 4.69) is 11.8 Å². The Balaban J connectivity index is 2.27. The van der Waals surface area contributed by atoms with E-state index in [1.165, 1.54) is 0 Å². The molecule has 0 aromatic heterocycles. The van der Waals surface area contributed by atoms with Crippen LogP contribution in [0.25, 0.3) is 0 Å². The van der Waals surface area contributed by atoms with Crippen LogP contribution in [0.2, 0.25) is 0 Å². The number of carbonyl (C=O) groups is 1. The van der Waals surface area contributed by atoms with Crippen molar-refractivity contribution in [3.8, 4) is 0 Å². The van der Waals surface area contributed by atoms with Crippen molar-refractivity contribution < 1.29 is 14.6 Å². The number of hydrogen-bond acceptors (Lipinski definition) is 4. The van der Waals surface area contributed by atoms with Gasteiger partial charge >= 0.3 is 5.97 Å². The normalized spacial score (nSPS) is 20.2. The van der Waals surface area contributed by atoms with Crippen LogP contribution in [0.5, 0.6) is 0 Å².